The van der Waals surface area contributed by atoms with Gasteiger partial charge in [-0.05, 0) is 74.8 Å². The van der Waals surface area contributed by atoms with Crippen LogP contribution in [0.4, 0.5) is 17.1 Å². The normalized spacial score (nSPS) is 13.6. The van der Waals surface area contributed by atoms with Crippen molar-refractivity contribution < 1.29 is 0 Å². The van der Waals surface area contributed by atoms with Crippen LogP contribution >= 0.6 is 0 Å². The molecular formula is C41H37N3Si2. The summed E-state index contributed by atoms with van der Waals surface area (Å²) in [6.45, 7) is 15.4. The van der Waals surface area contributed by atoms with E-state index in [0.717, 1.165) is 22.4 Å². The SMILES string of the molecule is C[Si](C)(C)C1([Si](C)(C)C)c2ccc3ccccc3c2-c2c1cc(N(c1ccccc1)c1ccc(C#N)c(C#N)c1)c1ccccc21. The highest BCUT2D eigenvalue weighted by Crippen LogP contribution is 2.62. The molecule has 0 N–H and O–H groups in total. The predicted molar refractivity (Wildman–Crippen MR) is 198 cm³/mol. The maximum Gasteiger partial charge on any atom is 0.101 e. The van der Waals surface area contributed by atoms with Gasteiger partial charge in [0.1, 0.15) is 12.1 Å². The van der Waals surface area contributed by atoms with Crippen LogP contribution in [0.2, 0.25) is 39.3 Å². The number of anilines is 3. The molecule has 46 heavy (non-hydrogen) atoms. The number of benzene rings is 6. The fraction of sp³-hybridized carbons (Fsp3) is 0.171. The first-order valence-electron chi connectivity index (χ1n) is 15.9. The number of hydrogen-bond acceptors (Lipinski definition) is 3. The Balaban J connectivity index is 1.69. The molecule has 3 nitrogen and oxygen atoms in total. The van der Waals surface area contributed by atoms with Crippen molar-refractivity contribution in [3.8, 4) is 23.3 Å². The summed E-state index contributed by atoms with van der Waals surface area (Å²) in [6.07, 6.45) is 0. The Labute approximate surface area is 274 Å². The Morgan fingerprint density at radius 1 is 0.522 bits per heavy atom. The van der Waals surface area contributed by atoms with E-state index in [9.17, 15) is 10.5 Å². The summed E-state index contributed by atoms with van der Waals surface area (Å²) in [5.41, 5.74) is 9.44. The van der Waals surface area contributed by atoms with Crippen LogP contribution in [0.3, 0.4) is 0 Å². The first-order chi connectivity index (χ1) is 22.0. The monoisotopic (exact) mass is 627 g/mol. The predicted octanol–water partition coefficient (Wildman–Crippen LogP) is 11.2. The molecule has 0 bridgehead atoms. The standard InChI is InChI=1S/C41H37N3Si2/c1-45(2,3)41(46(4,5)6)36-23-21-28-14-10-11-17-33(28)39(36)40-35-19-13-12-18-34(35)38(25-37(40)41)44(31-15-8-7-9-16-31)32-22-20-29(26-42)30(24-32)27-43/h7-25H,1-6H3. The summed E-state index contributed by atoms with van der Waals surface area (Å²) >= 11 is 0. The maximum absolute atomic E-state index is 10.0. The van der Waals surface area contributed by atoms with Gasteiger partial charge < -0.3 is 4.90 Å². The lowest BCUT2D eigenvalue weighted by Gasteiger charge is -2.51. The molecule has 1 aliphatic carbocycles. The molecule has 0 amide bonds. The van der Waals surface area contributed by atoms with E-state index in [2.05, 4.69) is 147 Å². The lowest BCUT2D eigenvalue weighted by atomic mass is 9.92. The Hall–Kier alpha value is -4.95. The van der Waals surface area contributed by atoms with E-state index in [-0.39, 0.29) is 4.66 Å². The van der Waals surface area contributed by atoms with E-state index in [1.54, 1.807) is 6.07 Å². The molecule has 0 atom stereocenters. The van der Waals surface area contributed by atoms with E-state index < -0.39 is 16.1 Å². The average Bonchev–Trinajstić information content (AvgIpc) is 3.38. The largest absolute Gasteiger partial charge is 0.310 e. The lowest BCUT2D eigenvalue weighted by Crippen LogP contribution is -2.63. The second-order valence-electron chi connectivity index (χ2n) is 14.4. The third-order valence-electron chi connectivity index (χ3n) is 10.0. The molecule has 1 aliphatic rings. The minimum absolute atomic E-state index is 0.0572. The van der Waals surface area contributed by atoms with E-state index in [1.165, 1.54) is 38.4 Å². The molecule has 0 saturated heterocycles. The van der Waals surface area contributed by atoms with Gasteiger partial charge in [0.15, 0.2) is 0 Å². The van der Waals surface area contributed by atoms with Crippen LogP contribution in [-0.4, -0.2) is 16.1 Å². The molecule has 224 valence electrons. The van der Waals surface area contributed by atoms with Crippen LogP contribution in [0.1, 0.15) is 22.3 Å². The van der Waals surface area contributed by atoms with E-state index >= 15 is 0 Å². The van der Waals surface area contributed by atoms with Gasteiger partial charge in [-0.1, -0.05) is 118 Å². The van der Waals surface area contributed by atoms with Crippen molar-refractivity contribution >= 4 is 54.8 Å². The van der Waals surface area contributed by atoms with Gasteiger partial charge in [-0.2, -0.15) is 10.5 Å². The van der Waals surface area contributed by atoms with Crippen LogP contribution in [0.5, 0.6) is 0 Å². The fourth-order valence-corrected chi connectivity index (χ4v) is 21.8. The molecule has 0 aliphatic heterocycles. The maximum atomic E-state index is 10.0. The van der Waals surface area contributed by atoms with Gasteiger partial charge in [-0.3, -0.25) is 0 Å². The zero-order valence-electron chi connectivity index (χ0n) is 27.3. The average molecular weight is 628 g/mol. The summed E-state index contributed by atoms with van der Waals surface area (Å²) in [4.78, 5) is 2.28. The summed E-state index contributed by atoms with van der Waals surface area (Å²) in [5.74, 6) is 0. The van der Waals surface area contributed by atoms with Crippen LogP contribution < -0.4 is 4.90 Å². The Kier molecular flexibility index (Phi) is 6.83. The van der Waals surface area contributed by atoms with Gasteiger partial charge in [0.25, 0.3) is 0 Å². The Bertz CT molecular complexity index is 2250. The fourth-order valence-electron chi connectivity index (χ4n) is 8.71. The van der Waals surface area contributed by atoms with Gasteiger partial charge >= 0.3 is 0 Å². The number of nitrogens with zero attached hydrogens (tertiary/aromatic N) is 3. The van der Waals surface area contributed by atoms with Gasteiger partial charge in [-0.25, -0.2) is 0 Å². The molecule has 6 aromatic carbocycles. The highest BCUT2D eigenvalue weighted by atomic mass is 28.4. The van der Waals surface area contributed by atoms with Gasteiger partial charge in [0, 0.05) is 21.4 Å². The number of hydrogen-bond donors (Lipinski definition) is 0. The van der Waals surface area contributed by atoms with Crippen molar-refractivity contribution in [1.29, 1.82) is 10.5 Å². The first kappa shape index (κ1) is 29.7. The second kappa shape index (κ2) is 10.6. The summed E-state index contributed by atoms with van der Waals surface area (Å²) in [5, 5.41) is 24.8. The third kappa shape index (κ3) is 4.13. The van der Waals surface area contributed by atoms with E-state index in [1.807, 2.05) is 18.2 Å². The van der Waals surface area contributed by atoms with Crippen molar-refractivity contribution in [2.45, 2.75) is 43.9 Å². The summed E-state index contributed by atoms with van der Waals surface area (Å²) in [7, 11) is -3.93. The number of para-hydroxylation sites is 1. The second-order valence-corrected chi connectivity index (χ2v) is 25.4. The molecule has 0 heterocycles. The lowest BCUT2D eigenvalue weighted by molar-refractivity contribution is 0.953. The molecule has 0 spiro atoms. The molecule has 0 unspecified atom stereocenters. The first-order valence-corrected chi connectivity index (χ1v) is 22.9. The molecule has 0 fully saturated rings. The van der Waals surface area contributed by atoms with Crippen molar-refractivity contribution in [3.63, 3.8) is 0 Å². The zero-order valence-corrected chi connectivity index (χ0v) is 29.3. The Morgan fingerprint density at radius 3 is 1.76 bits per heavy atom. The van der Waals surface area contributed by atoms with Gasteiger partial charge in [0.2, 0.25) is 0 Å². The summed E-state index contributed by atoms with van der Waals surface area (Å²) in [6, 6.07) is 45.5. The van der Waals surface area contributed by atoms with Crippen LogP contribution in [0, 0.1) is 22.7 Å². The smallest absolute Gasteiger partial charge is 0.101 e. The van der Waals surface area contributed by atoms with Crippen LogP contribution in [0.25, 0.3) is 32.7 Å². The van der Waals surface area contributed by atoms with E-state index in [4.69, 9.17) is 0 Å². The quantitative estimate of drug-likeness (QED) is 0.179. The van der Waals surface area contributed by atoms with Crippen molar-refractivity contribution in [2.75, 3.05) is 4.90 Å². The minimum Gasteiger partial charge on any atom is -0.310 e. The summed E-state index contributed by atoms with van der Waals surface area (Å²) < 4.78 is -0.0572. The third-order valence-corrected chi connectivity index (χ3v) is 20.1. The number of nitriles is 2. The van der Waals surface area contributed by atoms with Crippen molar-refractivity contribution in [1.82, 2.24) is 0 Å². The van der Waals surface area contributed by atoms with Crippen molar-refractivity contribution in [3.05, 3.63) is 138 Å². The molecular weight excluding hydrogens is 591 g/mol. The highest BCUT2D eigenvalue weighted by Gasteiger charge is 2.59. The molecule has 0 saturated carbocycles. The molecule has 0 aromatic heterocycles. The molecule has 5 heteroatoms. The topological polar surface area (TPSA) is 50.8 Å². The number of fused-ring (bicyclic) bond motifs is 7. The number of rotatable bonds is 5. The molecule has 6 aromatic rings. The minimum atomic E-state index is -1.97. The van der Waals surface area contributed by atoms with Crippen LogP contribution in [0.15, 0.2) is 115 Å². The van der Waals surface area contributed by atoms with E-state index in [0.29, 0.717) is 11.1 Å². The molecule has 7 rings (SSSR count). The van der Waals surface area contributed by atoms with Gasteiger partial charge in [0.05, 0.1) is 33.0 Å². The zero-order chi connectivity index (χ0) is 32.4. The molecule has 0 radical (unpaired) electrons. The van der Waals surface area contributed by atoms with Gasteiger partial charge in [-0.15, -0.1) is 0 Å². The Morgan fingerprint density at radius 2 is 1.11 bits per heavy atom. The van der Waals surface area contributed by atoms with Crippen molar-refractivity contribution in [2.24, 2.45) is 0 Å². The van der Waals surface area contributed by atoms with Crippen LogP contribution in [-0.2, 0) is 4.66 Å². The highest BCUT2D eigenvalue weighted by molar-refractivity contribution is 6.99.